The smallest absolute Gasteiger partial charge is 0.301 e. The van der Waals surface area contributed by atoms with Gasteiger partial charge >= 0.3 is 12.2 Å². The SMILES string of the molecule is Cc1ccc([C@@]2(C(F)(F)F)N=C3SC=C(c4ccc(Cl)cc4)N3C(=O)N2)cc1. The van der Waals surface area contributed by atoms with Gasteiger partial charge in [0.2, 0.25) is 0 Å². The largest absolute Gasteiger partial charge is 0.436 e. The molecule has 4 nitrogen and oxygen atoms in total. The van der Waals surface area contributed by atoms with Crippen LogP contribution in [0.2, 0.25) is 5.02 Å². The van der Waals surface area contributed by atoms with Gasteiger partial charge in [0.05, 0.1) is 5.70 Å². The molecule has 2 heterocycles. The minimum Gasteiger partial charge on any atom is -0.301 e. The number of alkyl halides is 3. The maximum atomic E-state index is 14.1. The minimum absolute atomic E-state index is 0.0356. The monoisotopic (exact) mass is 423 g/mol. The van der Waals surface area contributed by atoms with Crippen LogP contribution in [0, 0.1) is 6.92 Å². The topological polar surface area (TPSA) is 44.7 Å². The number of aliphatic imine (C=N–C) groups is 1. The number of fused-ring (bicyclic) bond motifs is 1. The van der Waals surface area contributed by atoms with Gasteiger partial charge in [-0.1, -0.05) is 65.3 Å². The lowest BCUT2D eigenvalue weighted by atomic mass is 9.97. The van der Waals surface area contributed by atoms with E-state index in [1.165, 1.54) is 12.1 Å². The molecule has 28 heavy (non-hydrogen) atoms. The van der Waals surface area contributed by atoms with Gasteiger partial charge in [0, 0.05) is 16.0 Å². The van der Waals surface area contributed by atoms with E-state index in [0.29, 0.717) is 16.3 Å². The summed E-state index contributed by atoms with van der Waals surface area (Å²) in [6.07, 6.45) is -4.82. The number of benzene rings is 2. The second-order valence-electron chi connectivity index (χ2n) is 6.36. The van der Waals surface area contributed by atoms with E-state index in [0.717, 1.165) is 22.2 Å². The third-order valence-electron chi connectivity index (χ3n) is 4.48. The van der Waals surface area contributed by atoms with E-state index in [9.17, 15) is 18.0 Å². The van der Waals surface area contributed by atoms with Crippen LogP contribution in [0.25, 0.3) is 5.70 Å². The van der Waals surface area contributed by atoms with Crippen LogP contribution in [0.3, 0.4) is 0 Å². The number of amides is 2. The first-order valence-corrected chi connectivity index (χ1v) is 9.46. The van der Waals surface area contributed by atoms with E-state index in [-0.39, 0.29) is 10.7 Å². The zero-order valence-corrected chi connectivity index (χ0v) is 16.0. The number of hydrogen-bond donors (Lipinski definition) is 1. The summed E-state index contributed by atoms with van der Waals surface area (Å²) in [4.78, 5) is 17.9. The fraction of sp³-hybridized carbons (Fsp3) is 0.158. The molecule has 0 saturated heterocycles. The number of amidine groups is 1. The number of thioether (sulfide) groups is 1. The predicted octanol–water partition coefficient (Wildman–Crippen LogP) is 5.49. The van der Waals surface area contributed by atoms with Gasteiger partial charge in [0.1, 0.15) is 0 Å². The molecule has 0 bridgehead atoms. The molecule has 2 aromatic rings. The van der Waals surface area contributed by atoms with Crippen molar-refractivity contribution in [3.63, 3.8) is 0 Å². The van der Waals surface area contributed by atoms with E-state index in [2.05, 4.69) is 10.3 Å². The van der Waals surface area contributed by atoms with Crippen LogP contribution in [-0.4, -0.2) is 22.3 Å². The molecule has 0 radical (unpaired) electrons. The molecule has 144 valence electrons. The van der Waals surface area contributed by atoms with E-state index in [4.69, 9.17) is 11.6 Å². The van der Waals surface area contributed by atoms with Crippen LogP contribution >= 0.6 is 23.4 Å². The maximum Gasteiger partial charge on any atom is 0.436 e. The lowest BCUT2D eigenvalue weighted by Gasteiger charge is -2.39. The molecular weight excluding hydrogens is 411 g/mol. The van der Waals surface area contributed by atoms with Gasteiger partial charge in [-0.3, -0.25) is 0 Å². The summed E-state index contributed by atoms with van der Waals surface area (Å²) in [6, 6.07) is 11.5. The van der Waals surface area contributed by atoms with Gasteiger partial charge in [-0.25, -0.2) is 14.7 Å². The number of nitrogens with one attached hydrogen (secondary N) is 1. The highest BCUT2D eigenvalue weighted by Crippen LogP contribution is 2.46. The van der Waals surface area contributed by atoms with Crippen LogP contribution in [0.4, 0.5) is 18.0 Å². The number of halogens is 4. The number of carbonyl (C=O) groups excluding carboxylic acids is 1. The van der Waals surface area contributed by atoms with E-state index >= 15 is 0 Å². The summed E-state index contributed by atoms with van der Waals surface area (Å²) in [5.74, 6) is 0. The van der Waals surface area contributed by atoms with Crippen molar-refractivity contribution < 1.29 is 18.0 Å². The number of aryl methyl sites for hydroxylation is 1. The summed E-state index contributed by atoms with van der Waals surface area (Å²) in [7, 11) is 0. The van der Waals surface area contributed by atoms with Crippen LogP contribution in [0.1, 0.15) is 16.7 Å². The fourth-order valence-electron chi connectivity index (χ4n) is 3.02. The van der Waals surface area contributed by atoms with Crippen molar-refractivity contribution in [2.24, 2.45) is 4.99 Å². The van der Waals surface area contributed by atoms with Gasteiger partial charge in [-0.2, -0.15) is 13.2 Å². The molecule has 2 aliphatic rings. The van der Waals surface area contributed by atoms with Crippen molar-refractivity contribution in [2.75, 3.05) is 0 Å². The second-order valence-corrected chi connectivity index (χ2v) is 7.63. The zero-order chi connectivity index (χ0) is 20.1. The Hall–Kier alpha value is -2.45. The van der Waals surface area contributed by atoms with Gasteiger partial charge in [0.25, 0.3) is 5.66 Å². The fourth-order valence-corrected chi connectivity index (χ4v) is 4.08. The van der Waals surface area contributed by atoms with Gasteiger partial charge in [-0.05, 0) is 24.6 Å². The highest BCUT2D eigenvalue weighted by Gasteiger charge is 2.61. The molecule has 2 aliphatic heterocycles. The normalized spacial score (nSPS) is 21.8. The zero-order valence-electron chi connectivity index (χ0n) is 14.4. The number of urea groups is 1. The molecule has 2 amide bonds. The molecule has 1 N–H and O–H groups in total. The molecule has 0 unspecified atom stereocenters. The van der Waals surface area contributed by atoms with Crippen molar-refractivity contribution in [1.82, 2.24) is 10.2 Å². The Bertz CT molecular complexity index is 1000. The Morgan fingerprint density at radius 2 is 1.75 bits per heavy atom. The molecule has 4 rings (SSSR count). The highest BCUT2D eigenvalue weighted by atomic mass is 35.5. The van der Waals surface area contributed by atoms with Crippen molar-refractivity contribution in [3.05, 3.63) is 75.7 Å². The first kappa shape index (κ1) is 18.9. The van der Waals surface area contributed by atoms with E-state index in [1.807, 2.05) is 0 Å². The quantitative estimate of drug-likeness (QED) is 0.694. The lowest BCUT2D eigenvalue weighted by molar-refractivity contribution is -0.196. The molecule has 1 atom stereocenters. The summed E-state index contributed by atoms with van der Waals surface area (Å²) in [6.45, 7) is 1.77. The number of carbonyl (C=O) groups is 1. The predicted molar refractivity (Wildman–Crippen MR) is 104 cm³/mol. The molecular formula is C19H13ClF3N3OS. The average molecular weight is 424 g/mol. The van der Waals surface area contributed by atoms with Gasteiger partial charge in [-0.15, -0.1) is 0 Å². The molecule has 0 saturated carbocycles. The van der Waals surface area contributed by atoms with Crippen LogP contribution < -0.4 is 5.32 Å². The van der Waals surface area contributed by atoms with Crippen molar-refractivity contribution in [3.8, 4) is 0 Å². The Labute approximate surface area is 168 Å². The third-order valence-corrected chi connectivity index (χ3v) is 5.56. The van der Waals surface area contributed by atoms with E-state index < -0.39 is 17.9 Å². The molecule has 9 heteroatoms. The molecule has 2 aromatic carbocycles. The molecule has 0 aliphatic carbocycles. The Morgan fingerprint density at radius 1 is 1.11 bits per heavy atom. The molecule has 0 spiro atoms. The number of nitrogens with zero attached hydrogens (tertiary/aromatic N) is 2. The lowest BCUT2D eigenvalue weighted by Crippen LogP contribution is -2.61. The second kappa shape index (κ2) is 6.56. The van der Waals surface area contributed by atoms with Crippen LogP contribution in [-0.2, 0) is 5.66 Å². The maximum absolute atomic E-state index is 14.1. The van der Waals surface area contributed by atoms with Gasteiger partial charge < -0.3 is 5.32 Å². The Morgan fingerprint density at radius 3 is 2.36 bits per heavy atom. The van der Waals surface area contributed by atoms with Gasteiger partial charge in [0.15, 0.2) is 5.17 Å². The first-order valence-electron chi connectivity index (χ1n) is 8.20. The van der Waals surface area contributed by atoms with E-state index in [1.54, 1.807) is 48.7 Å². The van der Waals surface area contributed by atoms with Crippen molar-refractivity contribution >= 4 is 40.3 Å². The minimum atomic E-state index is -4.82. The average Bonchev–Trinajstić information content (AvgIpc) is 3.06. The summed E-state index contributed by atoms with van der Waals surface area (Å²) in [5.41, 5.74) is -1.09. The summed E-state index contributed by atoms with van der Waals surface area (Å²) < 4.78 is 42.3. The highest BCUT2D eigenvalue weighted by molar-refractivity contribution is 8.16. The van der Waals surface area contributed by atoms with Crippen LogP contribution in [0.15, 0.2) is 58.9 Å². The number of hydrogen-bond acceptors (Lipinski definition) is 3. The summed E-state index contributed by atoms with van der Waals surface area (Å²) in [5, 5.41) is 4.16. The third kappa shape index (κ3) is 2.97. The van der Waals surface area contributed by atoms with Crippen LogP contribution in [0.5, 0.6) is 0 Å². The number of rotatable bonds is 2. The first-order chi connectivity index (χ1) is 13.2. The summed E-state index contributed by atoms with van der Waals surface area (Å²) >= 11 is 6.86. The Balaban J connectivity index is 1.80. The molecule has 0 fully saturated rings. The standard InChI is InChI=1S/C19H13ClF3N3OS/c1-11-2-6-13(7-3-11)18(19(21,22)23)24-16(27)26-15(10-28-17(26)25-18)12-4-8-14(20)9-5-12/h2-10H,1H3,(H,24,27)/t18-/m0/s1. The van der Waals surface area contributed by atoms with Crippen molar-refractivity contribution in [1.29, 1.82) is 0 Å². The molecule has 0 aromatic heterocycles. The van der Waals surface area contributed by atoms with Crippen molar-refractivity contribution in [2.45, 2.75) is 18.8 Å². The Kier molecular flexibility index (Phi) is 4.43.